The number of hydrogen-bond acceptors (Lipinski definition) is 4. The number of ether oxygens (including phenoxy) is 2. The molecule has 2 aromatic rings. The van der Waals surface area contributed by atoms with E-state index in [0.29, 0.717) is 11.5 Å². The van der Waals surface area contributed by atoms with Crippen molar-refractivity contribution < 1.29 is 19.1 Å². The highest BCUT2D eigenvalue weighted by Crippen LogP contribution is 2.19. The zero-order valence-corrected chi connectivity index (χ0v) is 15.6. The fourth-order valence-electron chi connectivity index (χ4n) is 2.50. The van der Waals surface area contributed by atoms with Crippen LogP contribution in [-0.4, -0.2) is 25.6 Å². The largest absolute Gasteiger partial charge is 0.497 e. The zero-order valence-electron chi connectivity index (χ0n) is 15.6. The van der Waals surface area contributed by atoms with Gasteiger partial charge >= 0.3 is 5.97 Å². The van der Waals surface area contributed by atoms with E-state index in [1.807, 2.05) is 43.3 Å². The van der Waals surface area contributed by atoms with E-state index in [2.05, 4.69) is 19.2 Å². The Morgan fingerprint density at radius 3 is 2.31 bits per heavy atom. The van der Waals surface area contributed by atoms with Crippen LogP contribution in [0.15, 0.2) is 48.5 Å². The van der Waals surface area contributed by atoms with Crippen LogP contribution in [0.5, 0.6) is 5.75 Å². The fourth-order valence-corrected chi connectivity index (χ4v) is 2.50. The van der Waals surface area contributed by atoms with Gasteiger partial charge in [0.1, 0.15) is 5.75 Å². The smallest absolute Gasteiger partial charge is 0.338 e. The number of esters is 1. The Kier molecular flexibility index (Phi) is 6.78. The van der Waals surface area contributed by atoms with Crippen LogP contribution < -0.4 is 10.1 Å². The summed E-state index contributed by atoms with van der Waals surface area (Å²) in [5.41, 5.74) is 2.49. The Labute approximate surface area is 154 Å². The molecule has 0 aliphatic carbocycles. The van der Waals surface area contributed by atoms with Gasteiger partial charge in [-0.05, 0) is 48.2 Å². The molecule has 0 saturated heterocycles. The molecule has 26 heavy (non-hydrogen) atoms. The molecule has 5 heteroatoms. The number of carbonyl (C=O) groups excluding carboxylic acids is 2. The van der Waals surface area contributed by atoms with Crippen molar-refractivity contribution >= 4 is 11.9 Å². The molecule has 0 bridgehead atoms. The van der Waals surface area contributed by atoms with Crippen molar-refractivity contribution in [3.05, 3.63) is 65.2 Å². The summed E-state index contributed by atoms with van der Waals surface area (Å²) in [6.45, 7) is 5.71. The Hall–Kier alpha value is -2.82. The second-order valence-corrected chi connectivity index (χ2v) is 6.42. The first-order chi connectivity index (χ1) is 12.4. The van der Waals surface area contributed by atoms with Gasteiger partial charge in [0.25, 0.3) is 5.91 Å². The number of nitrogens with one attached hydrogen (secondary N) is 1. The average Bonchev–Trinajstić information content (AvgIpc) is 2.66. The molecule has 0 fully saturated rings. The van der Waals surface area contributed by atoms with Crippen molar-refractivity contribution in [2.24, 2.45) is 0 Å². The van der Waals surface area contributed by atoms with Gasteiger partial charge in [-0.25, -0.2) is 4.79 Å². The average molecular weight is 355 g/mol. The molecule has 1 atom stereocenters. The summed E-state index contributed by atoms with van der Waals surface area (Å²) in [5, 5.41) is 2.81. The normalized spacial score (nSPS) is 11.7. The lowest BCUT2D eigenvalue weighted by Gasteiger charge is -2.15. The van der Waals surface area contributed by atoms with Gasteiger partial charge in [-0.2, -0.15) is 0 Å². The predicted octanol–water partition coefficient (Wildman–Crippen LogP) is 3.85. The Balaban J connectivity index is 1.86. The van der Waals surface area contributed by atoms with Gasteiger partial charge in [0.2, 0.25) is 0 Å². The number of carbonyl (C=O) groups is 2. The minimum Gasteiger partial charge on any atom is -0.497 e. The summed E-state index contributed by atoms with van der Waals surface area (Å²) in [6, 6.07) is 14.5. The van der Waals surface area contributed by atoms with Gasteiger partial charge in [0.05, 0.1) is 18.7 Å². The van der Waals surface area contributed by atoms with Crippen LogP contribution in [0.4, 0.5) is 0 Å². The molecule has 0 heterocycles. The maximum absolute atomic E-state index is 12.1. The van der Waals surface area contributed by atoms with Crippen LogP contribution in [0.1, 0.15) is 54.2 Å². The van der Waals surface area contributed by atoms with Crippen LogP contribution in [-0.2, 0) is 9.53 Å². The first-order valence-electron chi connectivity index (χ1n) is 8.61. The maximum Gasteiger partial charge on any atom is 0.338 e. The van der Waals surface area contributed by atoms with Crippen molar-refractivity contribution in [2.75, 3.05) is 13.7 Å². The highest BCUT2D eigenvalue weighted by Gasteiger charge is 2.14. The van der Waals surface area contributed by atoms with E-state index in [1.165, 1.54) is 0 Å². The SMILES string of the molecule is COc1cccc([C@H](C)NC(=O)COC(=O)c2ccc(C(C)C)cc2)c1. The lowest BCUT2D eigenvalue weighted by Crippen LogP contribution is -2.31. The van der Waals surface area contributed by atoms with Gasteiger partial charge in [0, 0.05) is 0 Å². The van der Waals surface area contributed by atoms with Gasteiger partial charge < -0.3 is 14.8 Å². The summed E-state index contributed by atoms with van der Waals surface area (Å²) in [4.78, 5) is 24.1. The fraction of sp³-hybridized carbons (Fsp3) is 0.333. The first-order valence-corrected chi connectivity index (χ1v) is 8.61. The van der Waals surface area contributed by atoms with E-state index in [1.54, 1.807) is 19.2 Å². The van der Waals surface area contributed by atoms with E-state index in [9.17, 15) is 9.59 Å². The minimum absolute atomic E-state index is 0.221. The van der Waals surface area contributed by atoms with E-state index in [0.717, 1.165) is 16.9 Å². The molecule has 0 unspecified atom stereocenters. The molecule has 0 spiro atoms. The van der Waals surface area contributed by atoms with Crippen LogP contribution in [0, 0.1) is 0 Å². The van der Waals surface area contributed by atoms with Crippen molar-refractivity contribution in [2.45, 2.75) is 32.7 Å². The molecule has 0 radical (unpaired) electrons. The molecule has 0 aromatic heterocycles. The molecule has 2 rings (SSSR count). The number of amides is 1. The summed E-state index contributed by atoms with van der Waals surface area (Å²) in [6.07, 6.45) is 0. The Bertz CT molecular complexity index is 753. The van der Waals surface area contributed by atoms with E-state index in [4.69, 9.17) is 9.47 Å². The molecular formula is C21H25NO4. The maximum atomic E-state index is 12.1. The van der Waals surface area contributed by atoms with E-state index in [-0.39, 0.29) is 18.6 Å². The third-order valence-corrected chi connectivity index (χ3v) is 4.12. The molecule has 1 N–H and O–H groups in total. The quantitative estimate of drug-likeness (QED) is 0.766. The number of benzene rings is 2. The molecule has 0 aliphatic heterocycles. The van der Waals surface area contributed by atoms with Crippen LogP contribution in [0.3, 0.4) is 0 Å². The third kappa shape index (κ3) is 5.34. The van der Waals surface area contributed by atoms with Crippen molar-refractivity contribution in [3.63, 3.8) is 0 Å². The van der Waals surface area contributed by atoms with Crippen molar-refractivity contribution in [3.8, 4) is 5.75 Å². The zero-order chi connectivity index (χ0) is 19.1. The summed E-state index contributed by atoms with van der Waals surface area (Å²) in [7, 11) is 1.59. The van der Waals surface area contributed by atoms with Gasteiger partial charge in [0.15, 0.2) is 6.61 Å². The van der Waals surface area contributed by atoms with Crippen LogP contribution in [0.2, 0.25) is 0 Å². The Morgan fingerprint density at radius 2 is 1.69 bits per heavy atom. The van der Waals surface area contributed by atoms with Crippen LogP contribution in [0.25, 0.3) is 0 Å². The third-order valence-electron chi connectivity index (χ3n) is 4.12. The van der Waals surface area contributed by atoms with Crippen LogP contribution >= 0.6 is 0 Å². The van der Waals surface area contributed by atoms with Crippen molar-refractivity contribution in [1.29, 1.82) is 0 Å². The summed E-state index contributed by atoms with van der Waals surface area (Å²) >= 11 is 0. The molecule has 2 aromatic carbocycles. The second-order valence-electron chi connectivity index (χ2n) is 6.42. The lowest BCUT2D eigenvalue weighted by molar-refractivity contribution is -0.124. The summed E-state index contributed by atoms with van der Waals surface area (Å²) < 4.78 is 10.3. The highest BCUT2D eigenvalue weighted by molar-refractivity contribution is 5.91. The first kappa shape index (κ1) is 19.5. The monoisotopic (exact) mass is 355 g/mol. The van der Waals surface area contributed by atoms with E-state index >= 15 is 0 Å². The number of rotatable bonds is 7. The number of methoxy groups -OCH3 is 1. The Morgan fingerprint density at radius 1 is 1.00 bits per heavy atom. The van der Waals surface area contributed by atoms with Gasteiger partial charge in [-0.3, -0.25) is 4.79 Å². The van der Waals surface area contributed by atoms with E-state index < -0.39 is 5.97 Å². The topological polar surface area (TPSA) is 64.6 Å². The van der Waals surface area contributed by atoms with Gasteiger partial charge in [-0.1, -0.05) is 38.1 Å². The second kappa shape index (κ2) is 9.04. The standard InChI is InChI=1S/C21H25NO4/c1-14(2)16-8-10-17(11-9-16)21(24)26-13-20(23)22-15(3)18-6-5-7-19(12-18)25-4/h5-12,14-15H,13H2,1-4H3,(H,22,23)/t15-/m0/s1. The molecule has 0 aliphatic rings. The molecular weight excluding hydrogens is 330 g/mol. The number of hydrogen-bond donors (Lipinski definition) is 1. The van der Waals surface area contributed by atoms with Gasteiger partial charge in [-0.15, -0.1) is 0 Å². The molecule has 138 valence electrons. The predicted molar refractivity (Wildman–Crippen MR) is 100 cm³/mol. The minimum atomic E-state index is -0.510. The lowest BCUT2D eigenvalue weighted by atomic mass is 10.0. The molecule has 5 nitrogen and oxygen atoms in total. The highest BCUT2D eigenvalue weighted by atomic mass is 16.5. The molecule has 0 saturated carbocycles. The molecule has 1 amide bonds. The van der Waals surface area contributed by atoms with Crippen molar-refractivity contribution in [1.82, 2.24) is 5.32 Å². The summed E-state index contributed by atoms with van der Waals surface area (Å²) in [5.74, 6) is 0.251.